The molecule has 1 aliphatic rings. The number of hydrogen-bond donors (Lipinski definition) is 2. The Labute approximate surface area is 183 Å². The largest absolute Gasteiger partial charge is 0.490 e. The highest BCUT2D eigenvalue weighted by molar-refractivity contribution is 5.82. The molecule has 1 aliphatic carbocycles. The summed E-state index contributed by atoms with van der Waals surface area (Å²) in [5.74, 6) is 2.07. The molecule has 31 heavy (non-hydrogen) atoms. The number of urea groups is 1. The molecule has 0 unspecified atom stereocenters. The van der Waals surface area contributed by atoms with Crippen LogP contribution >= 0.6 is 0 Å². The first-order valence-corrected chi connectivity index (χ1v) is 10.9. The Morgan fingerprint density at radius 3 is 2.55 bits per heavy atom. The molecule has 3 rings (SSSR count). The van der Waals surface area contributed by atoms with Gasteiger partial charge in [0.2, 0.25) is 0 Å². The molecule has 1 saturated carbocycles. The number of nitrogens with zero attached hydrogens (tertiary/aromatic N) is 1. The molecule has 0 atom stereocenters. The Hall–Kier alpha value is -3.22. The maximum absolute atomic E-state index is 12.0. The number of para-hydroxylation sites is 1. The second-order valence-electron chi connectivity index (χ2n) is 7.33. The Morgan fingerprint density at radius 2 is 1.77 bits per heavy atom. The molecule has 0 aliphatic heterocycles. The second-order valence-corrected chi connectivity index (χ2v) is 7.33. The fourth-order valence-corrected chi connectivity index (χ4v) is 3.45. The van der Waals surface area contributed by atoms with Gasteiger partial charge in [0, 0.05) is 6.04 Å². The van der Waals surface area contributed by atoms with Gasteiger partial charge in [0.1, 0.15) is 19.0 Å². The third-order valence-corrected chi connectivity index (χ3v) is 4.94. The summed E-state index contributed by atoms with van der Waals surface area (Å²) in [4.78, 5) is 12.0. The lowest BCUT2D eigenvalue weighted by molar-refractivity contribution is 0.208. The van der Waals surface area contributed by atoms with Crippen LogP contribution in [0.15, 0.2) is 53.6 Å². The predicted molar refractivity (Wildman–Crippen MR) is 121 cm³/mol. The molecule has 0 bridgehead atoms. The Morgan fingerprint density at radius 1 is 1.00 bits per heavy atom. The summed E-state index contributed by atoms with van der Waals surface area (Å²) in [7, 11) is 0. The van der Waals surface area contributed by atoms with Crippen molar-refractivity contribution in [1.29, 1.82) is 0 Å². The number of carbonyl (C=O) groups is 1. The lowest BCUT2D eigenvalue weighted by Gasteiger charge is -2.22. The van der Waals surface area contributed by atoms with E-state index < -0.39 is 0 Å². The lowest BCUT2D eigenvalue weighted by Crippen LogP contribution is -2.41. The molecule has 7 nitrogen and oxygen atoms in total. The minimum absolute atomic E-state index is 0.246. The summed E-state index contributed by atoms with van der Waals surface area (Å²) in [6.45, 7) is 3.25. The number of hydrogen-bond acceptors (Lipinski definition) is 5. The molecule has 0 heterocycles. The van der Waals surface area contributed by atoms with Crippen LogP contribution < -0.4 is 25.0 Å². The highest BCUT2D eigenvalue weighted by Crippen LogP contribution is 2.28. The van der Waals surface area contributed by atoms with Crippen molar-refractivity contribution in [2.45, 2.75) is 45.1 Å². The van der Waals surface area contributed by atoms with E-state index in [4.69, 9.17) is 14.2 Å². The molecule has 2 aromatic carbocycles. The topological polar surface area (TPSA) is 81.2 Å². The van der Waals surface area contributed by atoms with Crippen LogP contribution in [-0.2, 0) is 0 Å². The average molecular weight is 426 g/mol. The highest BCUT2D eigenvalue weighted by atomic mass is 16.5. The lowest BCUT2D eigenvalue weighted by atomic mass is 9.96. The molecule has 0 aromatic heterocycles. The highest BCUT2D eigenvalue weighted by Gasteiger charge is 2.15. The maximum Gasteiger partial charge on any atom is 0.335 e. The average Bonchev–Trinajstić information content (AvgIpc) is 2.79. The smallest absolute Gasteiger partial charge is 0.335 e. The number of rotatable bonds is 10. The summed E-state index contributed by atoms with van der Waals surface area (Å²) in [5, 5.41) is 7.01. The number of carbonyl (C=O) groups excluding carboxylic acids is 1. The Bertz CT molecular complexity index is 836. The van der Waals surface area contributed by atoms with Crippen LogP contribution in [0.2, 0.25) is 0 Å². The third kappa shape index (κ3) is 7.85. The summed E-state index contributed by atoms with van der Waals surface area (Å²) >= 11 is 0. The quantitative estimate of drug-likeness (QED) is 0.333. The van der Waals surface area contributed by atoms with Crippen molar-refractivity contribution in [2.75, 3.05) is 19.8 Å². The minimum atomic E-state index is -0.272. The number of benzene rings is 2. The van der Waals surface area contributed by atoms with Crippen LogP contribution in [0.4, 0.5) is 4.79 Å². The van der Waals surface area contributed by atoms with E-state index in [1.54, 1.807) is 6.21 Å². The van der Waals surface area contributed by atoms with Crippen LogP contribution in [0.1, 0.15) is 44.6 Å². The van der Waals surface area contributed by atoms with Gasteiger partial charge >= 0.3 is 6.03 Å². The Kier molecular flexibility index (Phi) is 9.04. The fraction of sp³-hybridized carbons (Fsp3) is 0.417. The molecular formula is C24H31N3O4. The van der Waals surface area contributed by atoms with E-state index in [1.807, 2.05) is 55.5 Å². The van der Waals surface area contributed by atoms with Gasteiger partial charge in [-0.25, -0.2) is 10.2 Å². The molecule has 166 valence electrons. The van der Waals surface area contributed by atoms with E-state index in [0.29, 0.717) is 31.3 Å². The van der Waals surface area contributed by atoms with E-state index in [-0.39, 0.29) is 12.1 Å². The normalized spacial score (nSPS) is 14.2. The van der Waals surface area contributed by atoms with Crippen molar-refractivity contribution in [2.24, 2.45) is 5.10 Å². The zero-order valence-electron chi connectivity index (χ0n) is 18.0. The molecule has 1 fully saturated rings. The van der Waals surface area contributed by atoms with Crippen LogP contribution in [0.5, 0.6) is 17.2 Å². The zero-order chi connectivity index (χ0) is 21.7. The van der Waals surface area contributed by atoms with Gasteiger partial charge in [-0.1, -0.05) is 37.5 Å². The van der Waals surface area contributed by atoms with Crippen molar-refractivity contribution in [1.82, 2.24) is 10.7 Å². The summed E-state index contributed by atoms with van der Waals surface area (Å²) in [6, 6.07) is 15.1. The van der Waals surface area contributed by atoms with Crippen molar-refractivity contribution in [3.63, 3.8) is 0 Å². The molecule has 2 aromatic rings. The van der Waals surface area contributed by atoms with E-state index in [9.17, 15) is 4.79 Å². The number of amides is 2. The van der Waals surface area contributed by atoms with Gasteiger partial charge in [0.25, 0.3) is 0 Å². The van der Waals surface area contributed by atoms with Gasteiger partial charge in [-0.05, 0) is 55.7 Å². The standard InChI is InChI=1S/C24H31N3O4/c1-2-29-23-17-19(18-25-27-24(28)26-20-9-5-3-6-10-20)13-14-22(23)31-16-15-30-21-11-7-4-8-12-21/h4,7-8,11-14,17-18,20H,2-3,5-6,9-10,15-16H2,1H3,(H2,26,27,28)/b25-18-. The van der Waals surface area contributed by atoms with Crippen LogP contribution in [0, 0.1) is 0 Å². The summed E-state index contributed by atoms with van der Waals surface area (Å²) < 4.78 is 17.2. The van der Waals surface area contributed by atoms with Crippen LogP contribution in [0.3, 0.4) is 0 Å². The molecule has 2 N–H and O–H groups in total. The summed E-state index contributed by atoms with van der Waals surface area (Å²) in [6.07, 6.45) is 7.24. The second kappa shape index (κ2) is 12.5. The molecule has 0 spiro atoms. The fourth-order valence-electron chi connectivity index (χ4n) is 3.45. The van der Waals surface area contributed by atoms with E-state index >= 15 is 0 Å². The molecule has 0 radical (unpaired) electrons. The van der Waals surface area contributed by atoms with E-state index in [1.165, 1.54) is 19.3 Å². The molecule has 2 amide bonds. The van der Waals surface area contributed by atoms with Gasteiger partial charge in [-0.15, -0.1) is 0 Å². The predicted octanol–water partition coefficient (Wildman–Crippen LogP) is 4.51. The van der Waals surface area contributed by atoms with Gasteiger partial charge in [-0.2, -0.15) is 5.10 Å². The van der Waals surface area contributed by atoms with E-state index in [2.05, 4.69) is 15.8 Å². The molecule has 7 heteroatoms. The minimum Gasteiger partial charge on any atom is -0.490 e. The first-order chi connectivity index (χ1) is 15.2. The van der Waals surface area contributed by atoms with Crippen molar-refractivity contribution >= 4 is 12.2 Å². The zero-order valence-corrected chi connectivity index (χ0v) is 18.0. The van der Waals surface area contributed by atoms with Crippen LogP contribution in [-0.4, -0.2) is 38.1 Å². The number of hydrazone groups is 1. The van der Waals surface area contributed by atoms with Crippen molar-refractivity contribution in [3.8, 4) is 17.2 Å². The molecule has 0 saturated heterocycles. The maximum atomic E-state index is 12.0. The Balaban J connectivity index is 1.47. The van der Waals surface area contributed by atoms with Crippen molar-refractivity contribution in [3.05, 3.63) is 54.1 Å². The number of nitrogens with one attached hydrogen (secondary N) is 2. The van der Waals surface area contributed by atoms with E-state index in [0.717, 1.165) is 24.2 Å². The number of ether oxygens (including phenoxy) is 3. The third-order valence-electron chi connectivity index (χ3n) is 4.94. The van der Waals surface area contributed by atoms with Crippen LogP contribution in [0.25, 0.3) is 0 Å². The van der Waals surface area contributed by atoms with Gasteiger partial charge in [0.05, 0.1) is 12.8 Å². The monoisotopic (exact) mass is 425 g/mol. The molecular weight excluding hydrogens is 394 g/mol. The summed E-state index contributed by atoms with van der Waals surface area (Å²) in [5.41, 5.74) is 3.33. The first-order valence-electron chi connectivity index (χ1n) is 10.9. The first kappa shape index (κ1) is 22.5. The van der Waals surface area contributed by atoms with Crippen molar-refractivity contribution < 1.29 is 19.0 Å². The van der Waals surface area contributed by atoms with Gasteiger partial charge in [0.15, 0.2) is 11.5 Å². The van der Waals surface area contributed by atoms with Gasteiger partial charge in [-0.3, -0.25) is 0 Å². The SMILES string of the molecule is CCOc1cc(/C=N\NC(=O)NC2CCCCC2)ccc1OCCOc1ccccc1. The van der Waals surface area contributed by atoms with Gasteiger partial charge < -0.3 is 19.5 Å².